The Labute approximate surface area is 129 Å². The van der Waals surface area contributed by atoms with Crippen LogP contribution in [0.5, 0.6) is 0 Å². The minimum absolute atomic E-state index is 0.185. The molecule has 0 aliphatic carbocycles. The zero-order chi connectivity index (χ0) is 15.1. The van der Waals surface area contributed by atoms with Gasteiger partial charge in [-0.1, -0.05) is 30.3 Å². The standard InChI is InChI=1S/C17H21NO2S/c1-13-9-10-21-16(13)12-18-15(7-8-17(19)20)11-14-5-3-2-4-6-14/h2-6,9-10,15,18H,7-8,11-12H2,1H3,(H,19,20). The van der Waals surface area contributed by atoms with Crippen molar-refractivity contribution in [1.82, 2.24) is 5.32 Å². The van der Waals surface area contributed by atoms with Crippen molar-refractivity contribution < 1.29 is 9.90 Å². The highest BCUT2D eigenvalue weighted by molar-refractivity contribution is 7.10. The summed E-state index contributed by atoms with van der Waals surface area (Å²) in [6, 6.07) is 12.5. The second-order valence-electron chi connectivity index (χ2n) is 5.23. The van der Waals surface area contributed by atoms with Crippen LogP contribution in [0, 0.1) is 6.92 Å². The number of carbonyl (C=O) groups is 1. The summed E-state index contributed by atoms with van der Waals surface area (Å²) in [4.78, 5) is 12.1. The van der Waals surface area contributed by atoms with E-state index in [1.54, 1.807) is 11.3 Å². The number of thiophene rings is 1. The molecule has 0 aliphatic rings. The van der Waals surface area contributed by atoms with Crippen LogP contribution in [-0.2, 0) is 17.8 Å². The number of nitrogens with one attached hydrogen (secondary N) is 1. The van der Waals surface area contributed by atoms with Gasteiger partial charge in [-0.3, -0.25) is 4.79 Å². The molecule has 2 N–H and O–H groups in total. The number of hydrogen-bond acceptors (Lipinski definition) is 3. The molecule has 3 nitrogen and oxygen atoms in total. The van der Waals surface area contributed by atoms with E-state index in [1.165, 1.54) is 16.0 Å². The molecule has 0 aliphatic heterocycles. The van der Waals surface area contributed by atoms with Gasteiger partial charge >= 0.3 is 5.97 Å². The van der Waals surface area contributed by atoms with Gasteiger partial charge in [-0.05, 0) is 42.3 Å². The smallest absolute Gasteiger partial charge is 0.303 e. The second-order valence-corrected chi connectivity index (χ2v) is 6.23. The van der Waals surface area contributed by atoms with E-state index in [0.29, 0.717) is 6.42 Å². The van der Waals surface area contributed by atoms with E-state index in [1.807, 2.05) is 18.2 Å². The summed E-state index contributed by atoms with van der Waals surface area (Å²) < 4.78 is 0. The highest BCUT2D eigenvalue weighted by Gasteiger charge is 2.12. The molecule has 0 radical (unpaired) electrons. The van der Waals surface area contributed by atoms with Crippen LogP contribution in [0.25, 0.3) is 0 Å². The zero-order valence-electron chi connectivity index (χ0n) is 12.2. The van der Waals surface area contributed by atoms with Crippen LogP contribution in [0.4, 0.5) is 0 Å². The van der Waals surface area contributed by atoms with Gasteiger partial charge in [0.2, 0.25) is 0 Å². The van der Waals surface area contributed by atoms with Crippen molar-refractivity contribution in [1.29, 1.82) is 0 Å². The SMILES string of the molecule is Cc1ccsc1CNC(CCC(=O)O)Cc1ccccc1. The minimum Gasteiger partial charge on any atom is -0.481 e. The summed E-state index contributed by atoms with van der Waals surface area (Å²) in [6.07, 6.45) is 1.71. The molecule has 2 rings (SSSR count). The third-order valence-corrected chi connectivity index (χ3v) is 4.57. The van der Waals surface area contributed by atoms with E-state index in [-0.39, 0.29) is 12.5 Å². The average molecular weight is 303 g/mol. The second kappa shape index (κ2) is 7.96. The van der Waals surface area contributed by atoms with Crippen molar-refractivity contribution >= 4 is 17.3 Å². The summed E-state index contributed by atoms with van der Waals surface area (Å²) in [6.45, 7) is 2.91. The molecule has 1 aromatic heterocycles. The lowest BCUT2D eigenvalue weighted by atomic mass is 10.0. The van der Waals surface area contributed by atoms with E-state index >= 15 is 0 Å². The first-order valence-electron chi connectivity index (χ1n) is 7.17. The third kappa shape index (κ3) is 5.33. The van der Waals surface area contributed by atoms with Gasteiger partial charge < -0.3 is 10.4 Å². The quantitative estimate of drug-likeness (QED) is 0.783. The topological polar surface area (TPSA) is 49.3 Å². The van der Waals surface area contributed by atoms with Gasteiger partial charge in [-0.2, -0.15) is 0 Å². The Morgan fingerprint density at radius 3 is 2.67 bits per heavy atom. The van der Waals surface area contributed by atoms with Gasteiger partial charge in [0.25, 0.3) is 0 Å². The van der Waals surface area contributed by atoms with Gasteiger partial charge in [0, 0.05) is 23.9 Å². The summed E-state index contributed by atoms with van der Waals surface area (Å²) in [5.74, 6) is -0.734. The summed E-state index contributed by atoms with van der Waals surface area (Å²) in [5.41, 5.74) is 2.53. The van der Waals surface area contributed by atoms with Crippen LogP contribution in [0.15, 0.2) is 41.8 Å². The number of carboxylic acid groups (broad SMARTS) is 1. The number of rotatable bonds is 8. The Morgan fingerprint density at radius 2 is 2.05 bits per heavy atom. The molecule has 112 valence electrons. The molecule has 0 saturated heterocycles. The van der Waals surface area contributed by atoms with Gasteiger partial charge in [0.15, 0.2) is 0 Å². The molecule has 4 heteroatoms. The maximum atomic E-state index is 10.8. The van der Waals surface area contributed by atoms with Crippen molar-refractivity contribution in [2.75, 3.05) is 0 Å². The zero-order valence-corrected chi connectivity index (χ0v) is 13.0. The predicted molar refractivity (Wildman–Crippen MR) is 86.7 cm³/mol. The molecule has 1 unspecified atom stereocenters. The summed E-state index contributed by atoms with van der Waals surface area (Å²) in [7, 11) is 0. The van der Waals surface area contributed by atoms with Crippen LogP contribution in [0.1, 0.15) is 28.8 Å². The maximum Gasteiger partial charge on any atom is 0.303 e. The average Bonchev–Trinajstić information content (AvgIpc) is 2.88. The minimum atomic E-state index is -0.734. The Hall–Kier alpha value is -1.65. The first-order valence-corrected chi connectivity index (χ1v) is 8.05. The molecule has 0 amide bonds. The van der Waals surface area contributed by atoms with E-state index in [4.69, 9.17) is 5.11 Å². The van der Waals surface area contributed by atoms with Gasteiger partial charge in [-0.15, -0.1) is 11.3 Å². The Bertz CT molecular complexity index is 565. The molecule has 1 heterocycles. The Morgan fingerprint density at radius 1 is 1.29 bits per heavy atom. The van der Waals surface area contributed by atoms with Crippen molar-refractivity contribution in [2.24, 2.45) is 0 Å². The number of aryl methyl sites for hydroxylation is 1. The van der Waals surface area contributed by atoms with Crippen LogP contribution in [0.3, 0.4) is 0 Å². The predicted octanol–water partition coefficient (Wildman–Crippen LogP) is 3.62. The fourth-order valence-electron chi connectivity index (χ4n) is 2.29. The van der Waals surface area contributed by atoms with Gasteiger partial charge in [0.1, 0.15) is 0 Å². The lowest BCUT2D eigenvalue weighted by Gasteiger charge is -2.18. The Balaban J connectivity index is 1.94. The molecule has 1 aromatic carbocycles. The molecule has 1 atom stereocenters. The van der Waals surface area contributed by atoms with E-state index < -0.39 is 5.97 Å². The van der Waals surface area contributed by atoms with Crippen molar-refractivity contribution in [2.45, 2.75) is 38.8 Å². The van der Waals surface area contributed by atoms with E-state index in [0.717, 1.165) is 13.0 Å². The van der Waals surface area contributed by atoms with Crippen LogP contribution >= 0.6 is 11.3 Å². The number of hydrogen-bond donors (Lipinski definition) is 2. The first kappa shape index (κ1) is 15.7. The maximum absolute atomic E-state index is 10.8. The van der Waals surface area contributed by atoms with Crippen LogP contribution in [0.2, 0.25) is 0 Å². The number of aliphatic carboxylic acids is 1. The first-order chi connectivity index (χ1) is 10.1. The summed E-state index contributed by atoms with van der Waals surface area (Å²) in [5, 5.41) is 14.5. The van der Waals surface area contributed by atoms with Crippen LogP contribution < -0.4 is 5.32 Å². The normalized spacial score (nSPS) is 12.2. The summed E-state index contributed by atoms with van der Waals surface area (Å²) >= 11 is 1.74. The lowest BCUT2D eigenvalue weighted by Crippen LogP contribution is -2.31. The highest BCUT2D eigenvalue weighted by Crippen LogP contribution is 2.16. The largest absolute Gasteiger partial charge is 0.481 e. The lowest BCUT2D eigenvalue weighted by molar-refractivity contribution is -0.137. The fourth-order valence-corrected chi connectivity index (χ4v) is 3.15. The van der Waals surface area contributed by atoms with Crippen molar-refractivity contribution in [3.63, 3.8) is 0 Å². The Kier molecular flexibility index (Phi) is 5.96. The molecule has 2 aromatic rings. The molecule has 0 fully saturated rings. The van der Waals surface area contributed by atoms with Gasteiger partial charge in [0.05, 0.1) is 0 Å². The fraction of sp³-hybridized carbons (Fsp3) is 0.353. The van der Waals surface area contributed by atoms with E-state index in [9.17, 15) is 4.79 Å². The van der Waals surface area contributed by atoms with E-state index in [2.05, 4.69) is 35.8 Å². The third-order valence-electron chi connectivity index (χ3n) is 3.55. The molecule has 0 spiro atoms. The number of carboxylic acids is 1. The van der Waals surface area contributed by atoms with Gasteiger partial charge in [-0.25, -0.2) is 0 Å². The molecule has 21 heavy (non-hydrogen) atoms. The molecule has 0 bridgehead atoms. The molecular formula is C17H21NO2S. The van der Waals surface area contributed by atoms with Crippen LogP contribution in [-0.4, -0.2) is 17.1 Å². The van der Waals surface area contributed by atoms with Crippen molar-refractivity contribution in [3.05, 3.63) is 57.8 Å². The number of benzene rings is 1. The molecular weight excluding hydrogens is 282 g/mol. The highest BCUT2D eigenvalue weighted by atomic mass is 32.1. The van der Waals surface area contributed by atoms with Crippen molar-refractivity contribution in [3.8, 4) is 0 Å². The molecule has 0 saturated carbocycles. The monoisotopic (exact) mass is 303 g/mol.